The van der Waals surface area contributed by atoms with Crippen LogP contribution in [-0.4, -0.2) is 67.0 Å². The molecule has 0 heterocycles. The number of hydrogen-bond acceptors (Lipinski definition) is 8. The monoisotopic (exact) mass is 502 g/mol. The van der Waals surface area contributed by atoms with Crippen molar-refractivity contribution in [2.75, 3.05) is 39.6 Å². The van der Waals surface area contributed by atoms with E-state index in [0.717, 1.165) is 25.7 Å². The Labute approximate surface area is 196 Å². The molecule has 0 fully saturated rings. The molecule has 0 N–H and O–H groups in total. The molecule has 0 radical (unpaired) electrons. The van der Waals surface area contributed by atoms with Crippen molar-refractivity contribution in [3.8, 4) is 0 Å². The maximum Gasteiger partial charge on any atom is 0.515 e. The number of rotatable bonds is 21. The first-order valence-corrected chi connectivity index (χ1v) is 17.5. The molecule has 0 bridgehead atoms. The Hall–Kier alpha value is 0.894. The minimum absolute atomic E-state index is 0.156. The van der Waals surface area contributed by atoms with Crippen LogP contribution in [0.4, 0.5) is 0 Å². The summed E-state index contributed by atoms with van der Waals surface area (Å²) in [7, 11) is -1.98. The van der Waals surface area contributed by atoms with Gasteiger partial charge in [0.05, 0.1) is 9.75 Å². The molecule has 6 nitrogen and oxygen atoms in total. The molecule has 182 valence electrons. The van der Waals surface area contributed by atoms with E-state index in [1.165, 1.54) is 0 Å². The van der Waals surface area contributed by atoms with Crippen LogP contribution in [0.5, 0.6) is 0 Å². The fraction of sp³-hybridized carbons (Fsp3) is 1.00. The highest BCUT2D eigenvalue weighted by molar-refractivity contribution is 8.77. The van der Waals surface area contributed by atoms with Crippen LogP contribution in [0, 0.1) is 0 Å². The lowest BCUT2D eigenvalue weighted by atomic mass is 10.4. The van der Waals surface area contributed by atoms with Gasteiger partial charge in [-0.2, -0.15) is 0 Å². The molecular weight excluding hydrogens is 457 g/mol. The van der Waals surface area contributed by atoms with Gasteiger partial charge in [0.2, 0.25) is 0 Å². The molecule has 30 heavy (non-hydrogen) atoms. The van der Waals surface area contributed by atoms with E-state index in [-0.39, 0.29) is 9.75 Å². The Morgan fingerprint density at radius 3 is 0.867 bits per heavy atom. The Balaban J connectivity index is 5.77. The van der Waals surface area contributed by atoms with Gasteiger partial charge in [0.25, 0.3) is 0 Å². The van der Waals surface area contributed by atoms with Gasteiger partial charge in [-0.25, -0.2) is 0 Å². The van der Waals surface area contributed by atoms with E-state index < -0.39 is 17.6 Å². The largest absolute Gasteiger partial charge is 0.515 e. The SMILES string of the molecule is CCCC(SSC(CCC)[Si](OCC)(OCC)OCC)[Si](OCC)(OCC)OCC. The van der Waals surface area contributed by atoms with Crippen LogP contribution in [0.1, 0.15) is 81.1 Å². The van der Waals surface area contributed by atoms with Crippen LogP contribution in [0.3, 0.4) is 0 Å². The van der Waals surface area contributed by atoms with E-state index in [0.29, 0.717) is 39.6 Å². The van der Waals surface area contributed by atoms with Crippen molar-refractivity contribution in [2.45, 2.75) is 90.8 Å². The van der Waals surface area contributed by atoms with Gasteiger partial charge in [0.1, 0.15) is 0 Å². The molecule has 0 amide bonds. The quantitative estimate of drug-likeness (QED) is 0.142. The zero-order chi connectivity index (χ0) is 22.9. The fourth-order valence-corrected chi connectivity index (χ4v) is 16.2. The second-order valence-corrected chi connectivity index (χ2v) is 15.6. The van der Waals surface area contributed by atoms with Crippen molar-refractivity contribution in [1.29, 1.82) is 0 Å². The van der Waals surface area contributed by atoms with Gasteiger partial charge in [-0.05, 0) is 54.4 Å². The predicted molar refractivity (Wildman–Crippen MR) is 134 cm³/mol. The summed E-state index contributed by atoms with van der Waals surface area (Å²) in [6.07, 6.45) is 4.05. The molecular formula is C20H46O6S2Si2. The topological polar surface area (TPSA) is 55.4 Å². The summed E-state index contributed by atoms with van der Waals surface area (Å²) in [4.78, 5) is 0.312. The van der Waals surface area contributed by atoms with E-state index >= 15 is 0 Å². The summed E-state index contributed by atoms with van der Waals surface area (Å²) in [6, 6.07) is 0. The zero-order valence-corrected chi connectivity index (χ0v) is 24.1. The van der Waals surface area contributed by atoms with Crippen molar-refractivity contribution in [2.24, 2.45) is 0 Å². The summed E-state index contributed by atoms with van der Waals surface area (Å²) < 4.78 is 37.3. The van der Waals surface area contributed by atoms with Crippen molar-refractivity contribution in [3.05, 3.63) is 0 Å². The fourth-order valence-electron chi connectivity index (χ4n) is 3.24. The smallest absolute Gasteiger partial charge is 0.373 e. The molecule has 0 aliphatic carbocycles. The van der Waals surface area contributed by atoms with Gasteiger partial charge in [-0.3, -0.25) is 0 Å². The Morgan fingerprint density at radius 2 is 0.700 bits per heavy atom. The standard InChI is InChI=1S/C20H46O6S2Si2/c1-9-17-19(29(21-11-3,22-12-4)23-13-5)27-28-20(18-10-2)30(24-14-6,25-15-7)26-16-8/h19-20H,9-18H2,1-8H3. The summed E-state index contributed by atoms with van der Waals surface area (Å²) in [5.41, 5.74) is 0. The third-order valence-electron chi connectivity index (χ3n) is 4.25. The Kier molecular flexibility index (Phi) is 18.9. The van der Waals surface area contributed by atoms with E-state index in [2.05, 4.69) is 13.8 Å². The molecule has 0 aromatic heterocycles. The predicted octanol–water partition coefficient (Wildman–Crippen LogP) is 5.88. The lowest BCUT2D eigenvalue weighted by molar-refractivity contribution is 0.0677. The molecule has 2 atom stereocenters. The average Bonchev–Trinajstić information content (AvgIpc) is 2.71. The molecule has 0 rings (SSSR count). The molecule has 0 saturated heterocycles. The van der Waals surface area contributed by atoms with E-state index in [9.17, 15) is 0 Å². The second kappa shape index (κ2) is 18.3. The van der Waals surface area contributed by atoms with Crippen LogP contribution < -0.4 is 0 Å². The summed E-state index contributed by atoms with van der Waals surface area (Å²) in [5, 5.41) is 0. The van der Waals surface area contributed by atoms with Crippen LogP contribution >= 0.6 is 21.6 Å². The van der Waals surface area contributed by atoms with Crippen LogP contribution in [0.15, 0.2) is 0 Å². The highest BCUT2D eigenvalue weighted by atomic mass is 33.1. The maximum atomic E-state index is 6.22. The van der Waals surface area contributed by atoms with Gasteiger partial charge in [-0.15, -0.1) is 0 Å². The maximum absolute atomic E-state index is 6.22. The van der Waals surface area contributed by atoms with E-state index in [4.69, 9.17) is 26.6 Å². The molecule has 0 spiro atoms. The van der Waals surface area contributed by atoms with Gasteiger partial charge < -0.3 is 26.6 Å². The second-order valence-electron chi connectivity index (χ2n) is 6.55. The molecule has 2 unspecified atom stereocenters. The summed E-state index contributed by atoms with van der Waals surface area (Å²) >= 11 is 0. The van der Waals surface area contributed by atoms with E-state index in [1.54, 1.807) is 0 Å². The Bertz CT molecular complexity index is 339. The third-order valence-corrected chi connectivity index (χ3v) is 16.8. The first-order chi connectivity index (χ1) is 14.5. The molecule has 0 aromatic rings. The molecule has 0 saturated carbocycles. The third kappa shape index (κ3) is 9.80. The molecule has 0 aliphatic rings. The molecule has 0 aromatic carbocycles. The van der Waals surface area contributed by atoms with Crippen LogP contribution in [0.2, 0.25) is 0 Å². The van der Waals surface area contributed by atoms with Crippen LogP contribution in [0.25, 0.3) is 0 Å². The Morgan fingerprint density at radius 1 is 0.467 bits per heavy atom. The normalized spacial score (nSPS) is 14.8. The van der Waals surface area contributed by atoms with Gasteiger partial charge >= 0.3 is 17.6 Å². The first kappa shape index (κ1) is 30.9. The highest BCUT2D eigenvalue weighted by Gasteiger charge is 2.53. The van der Waals surface area contributed by atoms with Crippen molar-refractivity contribution in [1.82, 2.24) is 0 Å². The summed E-state index contributed by atoms with van der Waals surface area (Å²) in [6.45, 7) is 20.0. The minimum atomic E-state index is -2.82. The van der Waals surface area contributed by atoms with E-state index in [1.807, 2.05) is 63.1 Å². The number of hydrogen-bond donors (Lipinski definition) is 0. The van der Waals surface area contributed by atoms with Gasteiger partial charge in [0.15, 0.2) is 0 Å². The lowest BCUT2D eigenvalue weighted by Gasteiger charge is -2.37. The summed E-state index contributed by atoms with van der Waals surface area (Å²) in [5.74, 6) is 0. The minimum Gasteiger partial charge on any atom is -0.373 e. The van der Waals surface area contributed by atoms with Crippen LogP contribution in [-0.2, 0) is 26.6 Å². The van der Waals surface area contributed by atoms with Crippen molar-refractivity contribution >= 4 is 39.2 Å². The van der Waals surface area contributed by atoms with Gasteiger partial charge in [0, 0.05) is 39.6 Å². The van der Waals surface area contributed by atoms with Gasteiger partial charge in [-0.1, -0.05) is 48.3 Å². The van der Waals surface area contributed by atoms with Crippen molar-refractivity contribution in [3.63, 3.8) is 0 Å². The average molecular weight is 503 g/mol. The molecule has 10 heteroatoms. The van der Waals surface area contributed by atoms with Crippen molar-refractivity contribution < 1.29 is 26.6 Å². The highest BCUT2D eigenvalue weighted by Crippen LogP contribution is 2.43. The lowest BCUT2D eigenvalue weighted by Crippen LogP contribution is -2.56. The zero-order valence-electron chi connectivity index (χ0n) is 20.5. The first-order valence-electron chi connectivity index (χ1n) is 11.6. The molecule has 0 aliphatic heterocycles.